The number of hydrogen-bond donors (Lipinski definition) is 1. The molecule has 1 N–H and O–H groups in total. The monoisotopic (exact) mass is 355 g/mol. The summed E-state index contributed by atoms with van der Waals surface area (Å²) < 4.78 is 5.68. The van der Waals surface area contributed by atoms with Crippen LogP contribution in [0.2, 0.25) is 10.0 Å². The van der Waals surface area contributed by atoms with Crippen LogP contribution in [0.15, 0.2) is 18.2 Å². The third-order valence-electron chi connectivity index (χ3n) is 5.37. The number of halogens is 2. The first-order chi connectivity index (χ1) is 10.9. The molecule has 2 aliphatic rings. The molecule has 0 radical (unpaired) electrons. The van der Waals surface area contributed by atoms with Gasteiger partial charge in [0.05, 0.1) is 5.02 Å². The summed E-state index contributed by atoms with van der Waals surface area (Å²) in [6, 6.07) is 5.20. The number of ether oxygens (including phenoxy) is 1. The van der Waals surface area contributed by atoms with Gasteiger partial charge in [0, 0.05) is 11.1 Å². The number of rotatable bonds is 5. The summed E-state index contributed by atoms with van der Waals surface area (Å²) in [5.41, 5.74) is 0. The number of carbonyl (C=O) groups is 1. The number of carbonyl (C=O) groups excluding carboxylic acids is 1. The van der Waals surface area contributed by atoms with Crippen LogP contribution in [0.4, 0.5) is 0 Å². The van der Waals surface area contributed by atoms with Crippen LogP contribution in [0.25, 0.3) is 0 Å². The first kappa shape index (κ1) is 16.9. The lowest BCUT2D eigenvalue weighted by Crippen LogP contribution is -2.45. The van der Waals surface area contributed by atoms with Crippen LogP contribution in [-0.2, 0) is 4.79 Å². The van der Waals surface area contributed by atoms with Crippen LogP contribution < -0.4 is 10.1 Å². The van der Waals surface area contributed by atoms with E-state index in [1.54, 1.807) is 25.1 Å². The van der Waals surface area contributed by atoms with Crippen LogP contribution in [0, 0.1) is 17.8 Å². The molecule has 3 nitrogen and oxygen atoms in total. The molecule has 0 aromatic heterocycles. The summed E-state index contributed by atoms with van der Waals surface area (Å²) in [7, 11) is 0. The molecule has 0 aliphatic heterocycles. The maximum Gasteiger partial charge on any atom is 0.260 e. The predicted octanol–water partition coefficient (Wildman–Crippen LogP) is 4.70. The molecule has 5 atom stereocenters. The first-order valence-corrected chi connectivity index (χ1v) is 9.11. The van der Waals surface area contributed by atoms with E-state index in [0.29, 0.717) is 21.7 Å². The molecule has 0 saturated heterocycles. The zero-order chi connectivity index (χ0) is 16.6. The van der Waals surface area contributed by atoms with E-state index >= 15 is 0 Å². The van der Waals surface area contributed by atoms with E-state index in [-0.39, 0.29) is 11.9 Å². The second-order valence-corrected chi connectivity index (χ2v) is 7.81. The van der Waals surface area contributed by atoms with Crippen LogP contribution in [-0.4, -0.2) is 18.1 Å². The summed E-state index contributed by atoms with van der Waals surface area (Å²) in [5, 5.41) is 4.09. The van der Waals surface area contributed by atoms with Gasteiger partial charge in [-0.2, -0.15) is 0 Å². The Labute approximate surface area is 147 Å². The largest absolute Gasteiger partial charge is 0.479 e. The lowest BCUT2D eigenvalue weighted by Gasteiger charge is -2.29. The Balaban J connectivity index is 1.55. The first-order valence-electron chi connectivity index (χ1n) is 8.36. The SMILES string of the molecule is C[C@H](NC(=O)[C@@H](C)Oc1ccc(Cl)cc1Cl)[C@H]1C[C@H]2CC[C@@H]1C2. The number of amides is 1. The fraction of sp³-hybridized carbons (Fsp3) is 0.611. The van der Waals surface area contributed by atoms with Gasteiger partial charge in [0.1, 0.15) is 5.75 Å². The van der Waals surface area contributed by atoms with Gasteiger partial charge in [-0.05, 0) is 69.1 Å². The fourth-order valence-corrected chi connectivity index (χ4v) is 4.62. The van der Waals surface area contributed by atoms with Gasteiger partial charge in [-0.1, -0.05) is 29.6 Å². The zero-order valence-electron chi connectivity index (χ0n) is 13.5. The van der Waals surface area contributed by atoms with Crippen LogP contribution in [0.1, 0.15) is 39.5 Å². The maximum atomic E-state index is 12.4. The smallest absolute Gasteiger partial charge is 0.260 e. The van der Waals surface area contributed by atoms with Gasteiger partial charge < -0.3 is 10.1 Å². The van der Waals surface area contributed by atoms with E-state index in [9.17, 15) is 4.79 Å². The second kappa shape index (κ2) is 6.90. The van der Waals surface area contributed by atoms with Crippen molar-refractivity contribution in [2.24, 2.45) is 17.8 Å². The molecule has 1 aromatic carbocycles. The van der Waals surface area contributed by atoms with Crippen molar-refractivity contribution in [2.75, 3.05) is 0 Å². The molecule has 3 rings (SSSR count). The van der Waals surface area contributed by atoms with E-state index in [1.165, 1.54) is 25.7 Å². The Morgan fingerprint density at radius 2 is 2.04 bits per heavy atom. The van der Waals surface area contributed by atoms with Crippen molar-refractivity contribution in [2.45, 2.75) is 51.7 Å². The highest BCUT2D eigenvalue weighted by Crippen LogP contribution is 2.49. The van der Waals surface area contributed by atoms with Gasteiger partial charge in [0.25, 0.3) is 5.91 Å². The summed E-state index contributed by atoms with van der Waals surface area (Å²) in [6.45, 7) is 3.86. The minimum atomic E-state index is -0.588. The average molecular weight is 356 g/mol. The van der Waals surface area contributed by atoms with E-state index < -0.39 is 6.10 Å². The molecule has 23 heavy (non-hydrogen) atoms. The Bertz CT molecular complexity index is 592. The lowest BCUT2D eigenvalue weighted by molar-refractivity contribution is -0.128. The minimum Gasteiger partial charge on any atom is -0.479 e. The normalized spacial score (nSPS) is 28.4. The topological polar surface area (TPSA) is 38.3 Å². The van der Waals surface area contributed by atoms with Crippen LogP contribution in [0.3, 0.4) is 0 Å². The highest BCUT2D eigenvalue weighted by molar-refractivity contribution is 6.35. The Morgan fingerprint density at radius 1 is 1.26 bits per heavy atom. The Morgan fingerprint density at radius 3 is 2.65 bits per heavy atom. The van der Waals surface area contributed by atoms with Gasteiger partial charge in [-0.3, -0.25) is 4.79 Å². The van der Waals surface area contributed by atoms with Crippen molar-refractivity contribution in [3.05, 3.63) is 28.2 Å². The van der Waals surface area contributed by atoms with Gasteiger partial charge in [-0.25, -0.2) is 0 Å². The quantitative estimate of drug-likeness (QED) is 0.830. The number of hydrogen-bond acceptors (Lipinski definition) is 2. The summed E-state index contributed by atoms with van der Waals surface area (Å²) in [5.74, 6) is 2.67. The lowest BCUT2D eigenvalue weighted by atomic mass is 9.84. The van der Waals surface area contributed by atoms with E-state index in [2.05, 4.69) is 12.2 Å². The van der Waals surface area contributed by atoms with Gasteiger partial charge in [-0.15, -0.1) is 0 Å². The average Bonchev–Trinajstić information content (AvgIpc) is 3.12. The summed E-state index contributed by atoms with van der Waals surface area (Å²) in [4.78, 5) is 12.4. The highest BCUT2D eigenvalue weighted by Gasteiger charge is 2.42. The molecular weight excluding hydrogens is 333 g/mol. The summed E-state index contributed by atoms with van der Waals surface area (Å²) in [6.07, 6.45) is 4.70. The molecule has 2 aliphatic carbocycles. The Hall–Kier alpha value is -0.930. The minimum absolute atomic E-state index is 0.0914. The predicted molar refractivity (Wildman–Crippen MR) is 93.1 cm³/mol. The van der Waals surface area contributed by atoms with Gasteiger partial charge >= 0.3 is 0 Å². The molecular formula is C18H23Cl2NO2. The van der Waals surface area contributed by atoms with E-state index in [4.69, 9.17) is 27.9 Å². The molecule has 0 spiro atoms. The second-order valence-electron chi connectivity index (χ2n) is 6.97. The third-order valence-corrected chi connectivity index (χ3v) is 5.90. The molecule has 0 unspecified atom stereocenters. The van der Waals surface area contributed by atoms with Crippen molar-refractivity contribution in [1.82, 2.24) is 5.32 Å². The molecule has 2 fully saturated rings. The standard InChI is InChI=1S/C18H23Cl2NO2/c1-10(15-8-12-3-4-13(15)7-12)21-18(22)11(2)23-17-6-5-14(19)9-16(17)20/h5-6,9-13,15H,3-4,7-8H2,1-2H3,(H,21,22)/t10-,11+,12-,13+,15+/m0/s1. The number of benzene rings is 1. The fourth-order valence-electron chi connectivity index (χ4n) is 4.17. The van der Waals surface area contributed by atoms with Crippen molar-refractivity contribution >= 4 is 29.1 Å². The third kappa shape index (κ3) is 3.77. The molecule has 126 valence electrons. The van der Waals surface area contributed by atoms with Gasteiger partial charge in [0.15, 0.2) is 6.10 Å². The van der Waals surface area contributed by atoms with Gasteiger partial charge in [0.2, 0.25) is 0 Å². The van der Waals surface area contributed by atoms with E-state index in [1.807, 2.05) is 0 Å². The molecule has 2 saturated carbocycles. The highest BCUT2D eigenvalue weighted by atomic mass is 35.5. The van der Waals surface area contributed by atoms with Crippen molar-refractivity contribution < 1.29 is 9.53 Å². The van der Waals surface area contributed by atoms with Crippen molar-refractivity contribution in [3.63, 3.8) is 0 Å². The molecule has 2 bridgehead atoms. The zero-order valence-corrected chi connectivity index (χ0v) is 15.0. The molecule has 0 heterocycles. The molecule has 1 aromatic rings. The van der Waals surface area contributed by atoms with Crippen molar-refractivity contribution in [1.29, 1.82) is 0 Å². The molecule has 5 heteroatoms. The maximum absolute atomic E-state index is 12.4. The summed E-state index contributed by atoms with van der Waals surface area (Å²) >= 11 is 12.0. The van der Waals surface area contributed by atoms with Crippen molar-refractivity contribution in [3.8, 4) is 5.75 Å². The van der Waals surface area contributed by atoms with E-state index in [0.717, 1.165) is 11.8 Å². The number of fused-ring (bicyclic) bond motifs is 2. The Kier molecular flexibility index (Phi) is 5.07. The van der Waals surface area contributed by atoms with Crippen LogP contribution in [0.5, 0.6) is 5.75 Å². The molecule has 1 amide bonds. The number of nitrogens with one attached hydrogen (secondary N) is 1. The van der Waals surface area contributed by atoms with Crippen LogP contribution >= 0.6 is 23.2 Å².